The molecule has 0 saturated heterocycles. The number of nitrogen functional groups attached to an aromatic ring is 1. The zero-order valence-corrected chi connectivity index (χ0v) is 10.3. The number of nitrogens with zero attached hydrogens (tertiary/aromatic N) is 4. The van der Waals surface area contributed by atoms with E-state index in [1.807, 2.05) is 35.8 Å². The number of thiophene rings is 1. The quantitative estimate of drug-likeness (QED) is 0.712. The fourth-order valence-corrected chi connectivity index (χ4v) is 2.55. The standard InChI is InChI=1S/C11H11N5S/c1-6-5-7(2)16-10(14-15-11(16)13-6)8-3-4-17-9(8)12/h3-5H,12H2,1-2H3. The van der Waals surface area contributed by atoms with E-state index in [1.165, 1.54) is 11.3 Å². The van der Waals surface area contributed by atoms with Gasteiger partial charge in [-0.1, -0.05) is 0 Å². The molecule has 3 aromatic heterocycles. The molecule has 86 valence electrons. The van der Waals surface area contributed by atoms with Gasteiger partial charge in [0.05, 0.1) is 10.6 Å². The van der Waals surface area contributed by atoms with E-state index in [0.717, 1.165) is 27.8 Å². The van der Waals surface area contributed by atoms with Crippen molar-refractivity contribution >= 4 is 22.1 Å². The molecule has 5 nitrogen and oxygen atoms in total. The Balaban J connectivity index is 2.36. The zero-order chi connectivity index (χ0) is 12.0. The van der Waals surface area contributed by atoms with E-state index in [2.05, 4.69) is 15.2 Å². The average Bonchev–Trinajstić information content (AvgIpc) is 2.83. The highest BCUT2D eigenvalue weighted by Gasteiger charge is 2.14. The van der Waals surface area contributed by atoms with E-state index < -0.39 is 0 Å². The first-order valence-corrected chi connectivity index (χ1v) is 6.07. The lowest BCUT2D eigenvalue weighted by Crippen LogP contribution is -1.98. The van der Waals surface area contributed by atoms with Crippen LogP contribution < -0.4 is 5.73 Å². The molecule has 2 N–H and O–H groups in total. The first-order chi connectivity index (χ1) is 8.16. The van der Waals surface area contributed by atoms with Crippen molar-refractivity contribution in [2.24, 2.45) is 0 Å². The Bertz CT molecular complexity index is 697. The molecule has 0 spiro atoms. The van der Waals surface area contributed by atoms with Gasteiger partial charge in [0.1, 0.15) is 0 Å². The molecule has 0 radical (unpaired) electrons. The number of anilines is 1. The maximum absolute atomic E-state index is 5.92. The van der Waals surface area contributed by atoms with E-state index in [0.29, 0.717) is 5.78 Å². The van der Waals surface area contributed by atoms with E-state index in [1.54, 1.807) is 0 Å². The van der Waals surface area contributed by atoms with Gasteiger partial charge in [0.2, 0.25) is 0 Å². The van der Waals surface area contributed by atoms with E-state index in [-0.39, 0.29) is 0 Å². The summed E-state index contributed by atoms with van der Waals surface area (Å²) in [5, 5.41) is 11.0. The third kappa shape index (κ3) is 1.49. The minimum absolute atomic E-state index is 0.614. The number of hydrogen-bond acceptors (Lipinski definition) is 5. The van der Waals surface area contributed by atoms with Gasteiger partial charge in [-0.25, -0.2) is 4.98 Å². The van der Waals surface area contributed by atoms with Crippen molar-refractivity contribution in [2.75, 3.05) is 5.73 Å². The molecule has 6 heteroatoms. The number of nitrogens with two attached hydrogens (primary N) is 1. The number of aryl methyl sites for hydroxylation is 2. The molecule has 17 heavy (non-hydrogen) atoms. The summed E-state index contributed by atoms with van der Waals surface area (Å²) in [5.41, 5.74) is 8.82. The van der Waals surface area contributed by atoms with Gasteiger partial charge < -0.3 is 5.73 Å². The summed E-state index contributed by atoms with van der Waals surface area (Å²) in [5.74, 6) is 1.37. The normalized spacial score (nSPS) is 11.2. The van der Waals surface area contributed by atoms with Gasteiger partial charge in [0.25, 0.3) is 5.78 Å². The highest BCUT2D eigenvalue weighted by Crippen LogP contribution is 2.29. The van der Waals surface area contributed by atoms with E-state index in [4.69, 9.17) is 5.73 Å². The predicted molar refractivity (Wildman–Crippen MR) is 68.0 cm³/mol. The summed E-state index contributed by atoms with van der Waals surface area (Å²) in [4.78, 5) is 4.35. The second-order valence-corrected chi connectivity index (χ2v) is 4.84. The molecule has 3 aromatic rings. The molecule has 0 aromatic carbocycles. The summed E-state index contributed by atoms with van der Waals surface area (Å²) < 4.78 is 1.92. The zero-order valence-electron chi connectivity index (χ0n) is 9.51. The minimum Gasteiger partial charge on any atom is -0.390 e. The Kier molecular flexibility index (Phi) is 2.12. The molecule has 0 aliphatic carbocycles. The van der Waals surface area contributed by atoms with E-state index in [9.17, 15) is 0 Å². The fourth-order valence-electron chi connectivity index (χ4n) is 1.91. The number of hydrogen-bond donors (Lipinski definition) is 1. The molecule has 0 fully saturated rings. The van der Waals surface area contributed by atoms with Crippen molar-refractivity contribution in [2.45, 2.75) is 13.8 Å². The van der Waals surface area contributed by atoms with Gasteiger partial charge in [-0.05, 0) is 31.4 Å². The van der Waals surface area contributed by atoms with Crippen LogP contribution in [0, 0.1) is 13.8 Å². The van der Waals surface area contributed by atoms with Crippen molar-refractivity contribution in [3.63, 3.8) is 0 Å². The molecule has 0 saturated carbocycles. The third-order valence-corrected chi connectivity index (χ3v) is 3.37. The molecule has 0 aliphatic heterocycles. The Morgan fingerprint density at radius 1 is 1.29 bits per heavy atom. The first kappa shape index (κ1) is 10.2. The van der Waals surface area contributed by atoms with Crippen molar-refractivity contribution in [3.8, 4) is 11.4 Å². The first-order valence-electron chi connectivity index (χ1n) is 5.19. The van der Waals surface area contributed by atoms with Gasteiger partial charge >= 0.3 is 0 Å². The number of fused-ring (bicyclic) bond motifs is 1. The van der Waals surface area contributed by atoms with Crippen LogP contribution in [0.2, 0.25) is 0 Å². The summed E-state index contributed by atoms with van der Waals surface area (Å²) in [6.07, 6.45) is 0. The minimum atomic E-state index is 0.614. The Labute approximate surface area is 102 Å². The topological polar surface area (TPSA) is 69.1 Å². The maximum Gasteiger partial charge on any atom is 0.255 e. The molecular weight excluding hydrogens is 234 g/mol. The molecule has 3 rings (SSSR count). The fraction of sp³-hybridized carbons (Fsp3) is 0.182. The Morgan fingerprint density at radius 2 is 2.12 bits per heavy atom. The highest BCUT2D eigenvalue weighted by atomic mass is 32.1. The van der Waals surface area contributed by atoms with Crippen molar-refractivity contribution < 1.29 is 0 Å². The molecule has 0 unspecified atom stereocenters. The van der Waals surface area contributed by atoms with Crippen LogP contribution in [0.15, 0.2) is 17.5 Å². The summed E-state index contributed by atoms with van der Waals surface area (Å²) >= 11 is 1.50. The number of rotatable bonds is 1. The smallest absolute Gasteiger partial charge is 0.255 e. The van der Waals surface area contributed by atoms with Gasteiger partial charge in [-0.3, -0.25) is 4.40 Å². The van der Waals surface area contributed by atoms with Crippen molar-refractivity contribution in [1.29, 1.82) is 0 Å². The molecule has 0 atom stereocenters. The summed E-state index contributed by atoms with van der Waals surface area (Å²) in [6, 6.07) is 3.96. The molecule has 3 heterocycles. The highest BCUT2D eigenvalue weighted by molar-refractivity contribution is 7.14. The van der Waals surface area contributed by atoms with Crippen LogP contribution >= 0.6 is 11.3 Å². The van der Waals surface area contributed by atoms with Gasteiger partial charge in [-0.2, -0.15) is 0 Å². The Hall–Kier alpha value is -1.95. The van der Waals surface area contributed by atoms with Gasteiger partial charge in [0, 0.05) is 11.4 Å². The van der Waals surface area contributed by atoms with Crippen LogP contribution in [-0.4, -0.2) is 19.6 Å². The lowest BCUT2D eigenvalue weighted by Gasteiger charge is -2.03. The van der Waals surface area contributed by atoms with Gasteiger partial charge in [-0.15, -0.1) is 21.5 Å². The molecule has 0 aliphatic rings. The lowest BCUT2D eigenvalue weighted by atomic mass is 10.3. The van der Waals surface area contributed by atoms with Crippen LogP contribution in [0.1, 0.15) is 11.4 Å². The maximum atomic E-state index is 5.92. The van der Waals surface area contributed by atoms with Crippen LogP contribution in [0.4, 0.5) is 5.00 Å². The lowest BCUT2D eigenvalue weighted by molar-refractivity contribution is 1.02. The van der Waals surface area contributed by atoms with Crippen LogP contribution in [0.5, 0.6) is 0 Å². The van der Waals surface area contributed by atoms with Crippen molar-refractivity contribution in [1.82, 2.24) is 19.6 Å². The monoisotopic (exact) mass is 245 g/mol. The average molecular weight is 245 g/mol. The van der Waals surface area contributed by atoms with Crippen LogP contribution in [0.25, 0.3) is 17.2 Å². The summed E-state index contributed by atoms with van der Waals surface area (Å²) in [6.45, 7) is 3.96. The second-order valence-electron chi connectivity index (χ2n) is 3.90. The number of aromatic nitrogens is 4. The SMILES string of the molecule is Cc1cc(C)n2c(-c3ccsc3N)nnc2n1. The van der Waals surface area contributed by atoms with Crippen LogP contribution in [-0.2, 0) is 0 Å². The second kappa shape index (κ2) is 3.53. The Morgan fingerprint density at radius 3 is 2.82 bits per heavy atom. The third-order valence-electron chi connectivity index (χ3n) is 2.63. The van der Waals surface area contributed by atoms with Gasteiger partial charge in [0.15, 0.2) is 5.82 Å². The molecule has 0 bridgehead atoms. The van der Waals surface area contributed by atoms with E-state index >= 15 is 0 Å². The largest absolute Gasteiger partial charge is 0.390 e. The summed E-state index contributed by atoms with van der Waals surface area (Å²) in [7, 11) is 0. The predicted octanol–water partition coefficient (Wildman–Crippen LogP) is 2.05. The van der Waals surface area contributed by atoms with Crippen molar-refractivity contribution in [3.05, 3.63) is 28.9 Å². The molecular formula is C11H11N5S. The molecule has 0 amide bonds. The van der Waals surface area contributed by atoms with Crippen LogP contribution in [0.3, 0.4) is 0 Å².